The Morgan fingerprint density at radius 3 is 2.02 bits per heavy atom. The number of carbonyl (C=O) groups is 5. The lowest BCUT2D eigenvalue weighted by Gasteiger charge is -2.29. The zero-order chi connectivity index (χ0) is 39.0. The Balaban J connectivity index is 2.11. The average molecular weight is 726 g/mol. The molecule has 2 rings (SSSR count). The molecular formula is C38H59N7O7. The SMILES string of the molecule is CC(C)[C@H](NC(=O)[C@H](C)C[C@H](O)[C@H](Cc1ccccc1)NC(=O)[C@H](C)NC(=O)[C@H](CCN(C)C)NC(=O)OC(C)(C)C)C(=O)NCc1ccncc1. The lowest BCUT2D eigenvalue weighted by Crippen LogP contribution is -2.56. The number of aromatic nitrogens is 1. The molecule has 52 heavy (non-hydrogen) atoms. The zero-order valence-corrected chi connectivity index (χ0v) is 32.1. The van der Waals surface area contributed by atoms with E-state index in [0.717, 1.165) is 11.1 Å². The minimum Gasteiger partial charge on any atom is -0.444 e. The number of benzene rings is 1. The molecule has 14 nitrogen and oxygen atoms in total. The number of pyridine rings is 1. The van der Waals surface area contributed by atoms with Gasteiger partial charge in [-0.2, -0.15) is 0 Å². The molecule has 6 N–H and O–H groups in total. The first-order valence-corrected chi connectivity index (χ1v) is 17.8. The van der Waals surface area contributed by atoms with E-state index < -0.39 is 65.6 Å². The van der Waals surface area contributed by atoms with Gasteiger partial charge in [-0.25, -0.2) is 4.79 Å². The number of amides is 5. The van der Waals surface area contributed by atoms with Crippen molar-refractivity contribution in [3.05, 3.63) is 66.0 Å². The van der Waals surface area contributed by atoms with Crippen molar-refractivity contribution in [2.24, 2.45) is 11.8 Å². The molecule has 0 aliphatic heterocycles. The lowest BCUT2D eigenvalue weighted by molar-refractivity contribution is -0.132. The fourth-order valence-electron chi connectivity index (χ4n) is 5.21. The van der Waals surface area contributed by atoms with Gasteiger partial charge < -0.3 is 41.3 Å². The molecule has 1 heterocycles. The average Bonchev–Trinajstić information content (AvgIpc) is 3.07. The highest BCUT2D eigenvalue weighted by atomic mass is 16.6. The summed E-state index contributed by atoms with van der Waals surface area (Å²) in [6.07, 6.45) is 1.86. The number of hydrogen-bond acceptors (Lipinski definition) is 9. The molecule has 6 atom stereocenters. The van der Waals surface area contributed by atoms with Gasteiger partial charge in [-0.05, 0) is 96.8 Å². The molecular weight excluding hydrogens is 666 g/mol. The Morgan fingerprint density at radius 1 is 0.808 bits per heavy atom. The molecule has 288 valence electrons. The Hall–Kier alpha value is -4.56. The van der Waals surface area contributed by atoms with Crippen LogP contribution >= 0.6 is 0 Å². The van der Waals surface area contributed by atoms with Crippen LogP contribution in [-0.2, 0) is 36.9 Å². The first-order chi connectivity index (χ1) is 24.4. The summed E-state index contributed by atoms with van der Waals surface area (Å²) in [6.45, 7) is 12.8. The number of nitrogens with one attached hydrogen (secondary N) is 5. The molecule has 1 aromatic carbocycles. The van der Waals surface area contributed by atoms with Crippen LogP contribution in [0.4, 0.5) is 4.79 Å². The lowest BCUT2D eigenvalue weighted by atomic mass is 9.92. The van der Waals surface area contributed by atoms with Crippen molar-refractivity contribution >= 4 is 29.7 Å². The second-order valence-electron chi connectivity index (χ2n) is 14.8. The first-order valence-electron chi connectivity index (χ1n) is 17.8. The van der Waals surface area contributed by atoms with Crippen LogP contribution in [-0.4, -0.2) is 101 Å². The maximum Gasteiger partial charge on any atom is 0.408 e. The van der Waals surface area contributed by atoms with Crippen LogP contribution in [0.1, 0.15) is 72.4 Å². The smallest absolute Gasteiger partial charge is 0.408 e. The van der Waals surface area contributed by atoms with Crippen LogP contribution in [0.3, 0.4) is 0 Å². The van der Waals surface area contributed by atoms with E-state index in [4.69, 9.17) is 4.74 Å². The number of aliphatic hydroxyl groups excluding tert-OH is 1. The maximum absolute atomic E-state index is 13.5. The van der Waals surface area contributed by atoms with Gasteiger partial charge in [0.1, 0.15) is 23.7 Å². The monoisotopic (exact) mass is 725 g/mol. The third-order valence-corrected chi connectivity index (χ3v) is 8.22. The summed E-state index contributed by atoms with van der Waals surface area (Å²) in [5.74, 6) is -2.79. The molecule has 0 aliphatic rings. The largest absolute Gasteiger partial charge is 0.444 e. The summed E-state index contributed by atoms with van der Waals surface area (Å²) >= 11 is 0. The Morgan fingerprint density at radius 2 is 1.44 bits per heavy atom. The Kier molecular flexibility index (Phi) is 17.7. The highest BCUT2D eigenvalue weighted by Gasteiger charge is 2.32. The molecule has 0 unspecified atom stereocenters. The van der Waals surface area contributed by atoms with Gasteiger partial charge in [0.2, 0.25) is 23.6 Å². The molecule has 0 saturated heterocycles. The van der Waals surface area contributed by atoms with Gasteiger partial charge in [-0.1, -0.05) is 51.1 Å². The molecule has 0 spiro atoms. The molecule has 5 amide bonds. The maximum atomic E-state index is 13.5. The van der Waals surface area contributed by atoms with E-state index in [1.54, 1.807) is 52.2 Å². The number of nitrogens with zero attached hydrogens (tertiary/aromatic N) is 2. The number of alkyl carbamates (subject to hydrolysis) is 1. The van der Waals surface area contributed by atoms with Crippen LogP contribution in [0.15, 0.2) is 54.9 Å². The van der Waals surface area contributed by atoms with E-state index in [1.165, 1.54) is 6.92 Å². The fourth-order valence-corrected chi connectivity index (χ4v) is 5.21. The molecule has 0 aliphatic carbocycles. The van der Waals surface area contributed by atoms with E-state index in [2.05, 4.69) is 31.6 Å². The minimum absolute atomic E-state index is 0.0137. The highest BCUT2D eigenvalue weighted by Crippen LogP contribution is 2.16. The van der Waals surface area contributed by atoms with Crippen molar-refractivity contribution < 1.29 is 33.8 Å². The highest BCUT2D eigenvalue weighted by molar-refractivity contribution is 5.91. The predicted molar refractivity (Wildman–Crippen MR) is 199 cm³/mol. The summed E-state index contributed by atoms with van der Waals surface area (Å²) in [5, 5.41) is 25.3. The second kappa shape index (κ2) is 21.1. The zero-order valence-electron chi connectivity index (χ0n) is 32.1. The van der Waals surface area contributed by atoms with E-state index in [1.807, 2.05) is 63.2 Å². The van der Waals surface area contributed by atoms with Crippen LogP contribution in [0.2, 0.25) is 0 Å². The molecule has 1 aromatic heterocycles. The minimum atomic E-state index is -1.16. The van der Waals surface area contributed by atoms with Gasteiger partial charge in [0, 0.05) is 24.9 Å². The van der Waals surface area contributed by atoms with E-state index in [-0.39, 0.29) is 37.6 Å². The molecule has 0 saturated carbocycles. The number of carbonyl (C=O) groups excluding carboxylic acids is 5. The Bertz CT molecular complexity index is 1430. The van der Waals surface area contributed by atoms with Crippen molar-refractivity contribution in [2.45, 2.75) is 110 Å². The number of hydrogen-bond donors (Lipinski definition) is 6. The summed E-state index contributed by atoms with van der Waals surface area (Å²) in [5.41, 5.74) is 0.949. The predicted octanol–water partition coefficient (Wildman–Crippen LogP) is 2.30. The summed E-state index contributed by atoms with van der Waals surface area (Å²) in [4.78, 5) is 71.5. The van der Waals surface area contributed by atoms with Crippen LogP contribution in [0.5, 0.6) is 0 Å². The van der Waals surface area contributed by atoms with E-state index >= 15 is 0 Å². The Labute approximate surface area is 308 Å². The van der Waals surface area contributed by atoms with Crippen molar-refractivity contribution in [1.29, 1.82) is 0 Å². The molecule has 0 fully saturated rings. The molecule has 14 heteroatoms. The fraction of sp³-hybridized carbons (Fsp3) is 0.579. The first kappa shape index (κ1) is 43.6. The van der Waals surface area contributed by atoms with Crippen molar-refractivity contribution in [3.8, 4) is 0 Å². The van der Waals surface area contributed by atoms with Crippen molar-refractivity contribution in [1.82, 2.24) is 36.5 Å². The van der Waals surface area contributed by atoms with Gasteiger partial charge in [0.05, 0.1) is 12.1 Å². The van der Waals surface area contributed by atoms with Crippen LogP contribution < -0.4 is 26.6 Å². The molecule has 2 aromatic rings. The number of rotatable bonds is 19. The van der Waals surface area contributed by atoms with Gasteiger partial charge in [0.25, 0.3) is 0 Å². The van der Waals surface area contributed by atoms with Crippen LogP contribution in [0, 0.1) is 11.8 Å². The topological polar surface area (TPSA) is 191 Å². The third-order valence-electron chi connectivity index (χ3n) is 8.22. The van der Waals surface area contributed by atoms with Gasteiger partial charge >= 0.3 is 6.09 Å². The van der Waals surface area contributed by atoms with Gasteiger partial charge in [0.15, 0.2) is 0 Å². The summed E-state index contributed by atoms with van der Waals surface area (Å²) in [7, 11) is 3.68. The van der Waals surface area contributed by atoms with E-state index in [9.17, 15) is 29.1 Å². The van der Waals surface area contributed by atoms with Crippen molar-refractivity contribution in [2.75, 3.05) is 20.6 Å². The summed E-state index contributed by atoms with van der Waals surface area (Å²) < 4.78 is 5.33. The van der Waals surface area contributed by atoms with Gasteiger partial charge in [-0.3, -0.25) is 24.2 Å². The van der Waals surface area contributed by atoms with Crippen molar-refractivity contribution in [3.63, 3.8) is 0 Å². The van der Waals surface area contributed by atoms with Crippen LogP contribution in [0.25, 0.3) is 0 Å². The molecule has 0 bridgehead atoms. The third kappa shape index (κ3) is 16.2. The normalized spacial score (nSPS) is 15.0. The number of ether oxygens (including phenoxy) is 1. The van der Waals surface area contributed by atoms with Gasteiger partial charge in [-0.15, -0.1) is 0 Å². The molecule has 0 radical (unpaired) electrons. The summed E-state index contributed by atoms with van der Waals surface area (Å²) in [6, 6.07) is 9.23. The standard InChI is InChI=1S/C38H59N7O7/c1-24(2)32(36(50)40-23-28-15-18-39-19-16-28)44-33(47)25(3)21-31(46)30(22-27-13-11-10-12-14-27)42-34(48)26(4)41-35(49)29(17-20-45(8)9)43-37(51)52-38(5,6)7/h10-16,18-19,24-26,29-32,46H,17,20-23H2,1-9H3,(H,40,50)(H,41,49)(H,42,48)(H,43,51)(H,44,47)/t25-,26+,29+,30+,31+,32+/m1/s1. The number of aliphatic hydroxyl groups is 1. The quantitative estimate of drug-likeness (QED) is 0.126. The second-order valence-corrected chi connectivity index (χ2v) is 14.8. The van der Waals surface area contributed by atoms with E-state index in [0.29, 0.717) is 6.54 Å².